The van der Waals surface area contributed by atoms with Crippen LogP contribution in [0.3, 0.4) is 0 Å². The molecule has 2 aromatic rings. The molecule has 5 nitrogen and oxygen atoms in total. The minimum absolute atomic E-state index is 0.155. The number of piperidine rings is 1. The van der Waals surface area contributed by atoms with E-state index in [4.69, 9.17) is 4.42 Å². The number of oxazole rings is 1. The molecule has 0 atom stereocenters. The van der Waals surface area contributed by atoms with Crippen molar-refractivity contribution < 1.29 is 9.21 Å². The molecule has 0 saturated carbocycles. The second-order valence-corrected chi connectivity index (χ2v) is 6.94. The maximum atomic E-state index is 12.4. The second-order valence-electron chi connectivity index (χ2n) is 6.08. The van der Waals surface area contributed by atoms with E-state index in [1.165, 1.54) is 0 Å². The Hall–Kier alpha value is -1.66. The quantitative estimate of drug-likeness (QED) is 0.849. The van der Waals surface area contributed by atoms with E-state index in [9.17, 15) is 4.79 Å². The van der Waals surface area contributed by atoms with Gasteiger partial charge in [-0.3, -0.25) is 4.79 Å². The number of nitrogens with one attached hydrogen (secondary N) is 1. The van der Waals surface area contributed by atoms with Crippen LogP contribution in [0.15, 0.2) is 39.4 Å². The van der Waals surface area contributed by atoms with Crippen LogP contribution in [0.1, 0.15) is 25.2 Å². The van der Waals surface area contributed by atoms with Crippen molar-refractivity contribution in [3.63, 3.8) is 0 Å². The zero-order valence-electron chi connectivity index (χ0n) is 13.8. The molecular formula is C18H22BrN3O2. The third-order valence-electron chi connectivity index (χ3n) is 4.50. The van der Waals surface area contributed by atoms with E-state index in [1.807, 2.05) is 36.2 Å². The number of aryl methyl sites for hydroxylation is 1. The van der Waals surface area contributed by atoms with Crippen LogP contribution >= 0.6 is 15.9 Å². The van der Waals surface area contributed by atoms with Crippen molar-refractivity contribution in [2.45, 2.75) is 31.7 Å². The van der Waals surface area contributed by atoms with Crippen molar-refractivity contribution in [3.05, 3.63) is 40.8 Å². The van der Waals surface area contributed by atoms with Gasteiger partial charge in [-0.25, -0.2) is 4.98 Å². The lowest BCUT2D eigenvalue weighted by atomic mass is 10.0. The third kappa shape index (κ3) is 4.05. The number of nitrogens with zero attached hydrogens (tertiary/aromatic N) is 2. The fourth-order valence-electron chi connectivity index (χ4n) is 3.00. The van der Waals surface area contributed by atoms with Crippen molar-refractivity contribution in [1.82, 2.24) is 15.2 Å². The first-order valence-corrected chi connectivity index (χ1v) is 9.10. The zero-order valence-corrected chi connectivity index (χ0v) is 15.4. The summed E-state index contributed by atoms with van der Waals surface area (Å²) in [6.07, 6.45) is 4.71. The van der Waals surface area contributed by atoms with E-state index in [-0.39, 0.29) is 5.91 Å². The van der Waals surface area contributed by atoms with Gasteiger partial charge in [0, 0.05) is 36.0 Å². The lowest BCUT2D eigenvalue weighted by Crippen LogP contribution is -2.44. The van der Waals surface area contributed by atoms with Gasteiger partial charge in [0.25, 0.3) is 0 Å². The number of carbonyl (C=O) groups is 1. The van der Waals surface area contributed by atoms with Gasteiger partial charge in [-0.15, -0.1) is 0 Å². The highest BCUT2D eigenvalue weighted by Crippen LogP contribution is 2.28. The Labute approximate surface area is 150 Å². The zero-order chi connectivity index (χ0) is 16.9. The van der Waals surface area contributed by atoms with E-state index in [2.05, 4.69) is 26.2 Å². The fourth-order valence-corrected chi connectivity index (χ4v) is 3.48. The number of benzene rings is 1. The SMILES string of the molecule is CN(C(=O)CCc1ncc(-c2ccccc2Br)o1)C1CCNCC1. The van der Waals surface area contributed by atoms with Crippen LogP contribution < -0.4 is 5.32 Å². The normalized spacial score (nSPS) is 15.4. The average molecular weight is 392 g/mol. The number of amides is 1. The smallest absolute Gasteiger partial charge is 0.223 e. The first-order valence-electron chi connectivity index (χ1n) is 8.31. The molecule has 1 saturated heterocycles. The van der Waals surface area contributed by atoms with Gasteiger partial charge in [-0.05, 0) is 32.0 Å². The Morgan fingerprint density at radius 1 is 1.38 bits per heavy atom. The first-order chi connectivity index (χ1) is 11.6. The standard InChI is InChI=1S/C18H22BrN3O2/c1-22(13-8-10-20-11-9-13)18(23)7-6-17-21-12-16(24-17)14-4-2-3-5-15(14)19/h2-5,12-13,20H,6-11H2,1H3. The molecule has 6 heteroatoms. The topological polar surface area (TPSA) is 58.4 Å². The van der Waals surface area contributed by atoms with Crippen LogP contribution in [0.4, 0.5) is 0 Å². The van der Waals surface area contributed by atoms with Crippen LogP contribution in [0.25, 0.3) is 11.3 Å². The highest BCUT2D eigenvalue weighted by atomic mass is 79.9. The molecule has 1 N–H and O–H groups in total. The van der Waals surface area contributed by atoms with E-state index in [0.29, 0.717) is 24.8 Å². The Kier molecular flexibility index (Phi) is 5.68. The summed E-state index contributed by atoms with van der Waals surface area (Å²) in [6.45, 7) is 1.97. The predicted octanol–water partition coefficient (Wildman–Crippen LogP) is 3.25. The van der Waals surface area contributed by atoms with Crippen molar-refractivity contribution in [2.24, 2.45) is 0 Å². The summed E-state index contributed by atoms with van der Waals surface area (Å²) in [5, 5.41) is 3.32. The van der Waals surface area contributed by atoms with Crippen LogP contribution in [-0.4, -0.2) is 42.0 Å². The molecule has 1 aliphatic rings. The molecule has 2 heterocycles. The van der Waals surface area contributed by atoms with E-state index in [1.54, 1.807) is 6.20 Å². The number of halogens is 1. The van der Waals surface area contributed by atoms with Crippen LogP contribution in [0.2, 0.25) is 0 Å². The second kappa shape index (κ2) is 7.94. The lowest BCUT2D eigenvalue weighted by molar-refractivity contribution is -0.132. The number of rotatable bonds is 5. The van der Waals surface area contributed by atoms with Crippen molar-refractivity contribution in [2.75, 3.05) is 20.1 Å². The summed E-state index contributed by atoms with van der Waals surface area (Å²) in [7, 11) is 1.90. The van der Waals surface area contributed by atoms with Gasteiger partial charge in [0.2, 0.25) is 5.91 Å². The summed E-state index contributed by atoms with van der Waals surface area (Å²) in [5.41, 5.74) is 0.967. The van der Waals surface area contributed by atoms with E-state index >= 15 is 0 Å². The summed E-state index contributed by atoms with van der Waals surface area (Å²) < 4.78 is 6.77. The Morgan fingerprint density at radius 2 is 2.12 bits per heavy atom. The van der Waals surface area contributed by atoms with Gasteiger partial charge in [0.05, 0.1) is 6.20 Å². The molecule has 1 aromatic carbocycles. The minimum atomic E-state index is 0.155. The molecular weight excluding hydrogens is 370 g/mol. The van der Waals surface area contributed by atoms with Gasteiger partial charge in [-0.1, -0.05) is 34.1 Å². The molecule has 24 heavy (non-hydrogen) atoms. The van der Waals surface area contributed by atoms with Gasteiger partial charge < -0.3 is 14.6 Å². The predicted molar refractivity (Wildman–Crippen MR) is 96.6 cm³/mol. The maximum absolute atomic E-state index is 12.4. The van der Waals surface area contributed by atoms with Crippen molar-refractivity contribution in [3.8, 4) is 11.3 Å². The Bertz CT molecular complexity index is 695. The molecule has 0 spiro atoms. The molecule has 1 fully saturated rings. The number of carbonyl (C=O) groups excluding carboxylic acids is 1. The first kappa shape index (κ1) is 17.2. The molecule has 1 aliphatic heterocycles. The van der Waals surface area contributed by atoms with Gasteiger partial charge in [0.1, 0.15) is 0 Å². The molecule has 0 radical (unpaired) electrons. The number of aromatic nitrogens is 1. The molecule has 0 unspecified atom stereocenters. The molecule has 128 valence electrons. The van der Waals surface area contributed by atoms with Crippen molar-refractivity contribution >= 4 is 21.8 Å². The fraction of sp³-hybridized carbons (Fsp3) is 0.444. The van der Waals surface area contributed by atoms with Crippen LogP contribution in [0, 0.1) is 0 Å². The largest absolute Gasteiger partial charge is 0.441 e. The minimum Gasteiger partial charge on any atom is -0.441 e. The molecule has 0 aliphatic carbocycles. The molecule has 1 aromatic heterocycles. The summed E-state index contributed by atoms with van der Waals surface area (Å²) >= 11 is 3.51. The average Bonchev–Trinajstić information content (AvgIpc) is 3.09. The molecule has 1 amide bonds. The maximum Gasteiger partial charge on any atom is 0.223 e. The Balaban J connectivity index is 1.57. The van der Waals surface area contributed by atoms with Crippen LogP contribution in [0.5, 0.6) is 0 Å². The van der Waals surface area contributed by atoms with Gasteiger partial charge >= 0.3 is 0 Å². The van der Waals surface area contributed by atoms with E-state index < -0.39 is 0 Å². The lowest BCUT2D eigenvalue weighted by Gasteiger charge is -2.31. The highest BCUT2D eigenvalue weighted by molar-refractivity contribution is 9.10. The summed E-state index contributed by atoms with van der Waals surface area (Å²) in [4.78, 5) is 18.6. The van der Waals surface area contributed by atoms with E-state index in [0.717, 1.165) is 41.7 Å². The third-order valence-corrected chi connectivity index (χ3v) is 5.19. The highest BCUT2D eigenvalue weighted by Gasteiger charge is 2.22. The summed E-state index contributed by atoms with van der Waals surface area (Å²) in [5.74, 6) is 1.48. The number of hydrogen-bond donors (Lipinski definition) is 1. The Morgan fingerprint density at radius 3 is 2.88 bits per heavy atom. The van der Waals surface area contributed by atoms with Gasteiger partial charge in [0.15, 0.2) is 11.7 Å². The van der Waals surface area contributed by atoms with Crippen LogP contribution in [-0.2, 0) is 11.2 Å². The molecule has 3 rings (SSSR count). The van der Waals surface area contributed by atoms with Gasteiger partial charge in [-0.2, -0.15) is 0 Å². The summed E-state index contributed by atoms with van der Waals surface area (Å²) in [6, 6.07) is 8.21. The van der Waals surface area contributed by atoms with Crippen molar-refractivity contribution in [1.29, 1.82) is 0 Å². The molecule has 0 bridgehead atoms. The monoisotopic (exact) mass is 391 g/mol. The number of hydrogen-bond acceptors (Lipinski definition) is 4.